The number of hydrogen-bond acceptors (Lipinski definition) is 2. The predicted molar refractivity (Wildman–Crippen MR) is 88.9 cm³/mol. The SMILES string of the molecule is CCC1(CNc2cc(=O)n(C)c3ccccc23)CCCC1. The maximum atomic E-state index is 12.1. The van der Waals surface area contributed by atoms with Gasteiger partial charge in [-0.25, -0.2) is 0 Å². The molecular formula is C18H24N2O. The van der Waals surface area contributed by atoms with E-state index in [4.69, 9.17) is 0 Å². The molecule has 1 aliphatic carbocycles. The van der Waals surface area contributed by atoms with Crippen LogP contribution in [-0.4, -0.2) is 11.1 Å². The standard InChI is InChI=1S/C18H24N2O/c1-3-18(10-6-7-11-18)13-19-15-12-17(21)20(2)16-9-5-4-8-14(15)16/h4-5,8-9,12,19H,3,6-7,10-11,13H2,1-2H3. The van der Waals surface area contributed by atoms with E-state index < -0.39 is 0 Å². The van der Waals surface area contributed by atoms with Crippen molar-refractivity contribution in [3.63, 3.8) is 0 Å². The zero-order valence-corrected chi connectivity index (χ0v) is 13.0. The van der Waals surface area contributed by atoms with E-state index in [1.165, 1.54) is 32.1 Å². The van der Waals surface area contributed by atoms with Gasteiger partial charge in [-0.15, -0.1) is 0 Å². The van der Waals surface area contributed by atoms with Crippen LogP contribution in [-0.2, 0) is 7.05 Å². The van der Waals surface area contributed by atoms with Gasteiger partial charge >= 0.3 is 0 Å². The van der Waals surface area contributed by atoms with Crippen LogP contribution in [0.4, 0.5) is 5.69 Å². The zero-order chi connectivity index (χ0) is 14.9. The number of aromatic nitrogens is 1. The molecule has 0 spiro atoms. The van der Waals surface area contributed by atoms with E-state index in [-0.39, 0.29) is 5.56 Å². The van der Waals surface area contributed by atoms with Gasteiger partial charge in [-0.3, -0.25) is 4.79 Å². The predicted octanol–water partition coefficient (Wildman–Crippen LogP) is 3.92. The Morgan fingerprint density at radius 2 is 1.95 bits per heavy atom. The van der Waals surface area contributed by atoms with E-state index in [1.54, 1.807) is 10.6 Å². The van der Waals surface area contributed by atoms with Gasteiger partial charge in [0.05, 0.1) is 5.52 Å². The molecule has 3 nitrogen and oxygen atoms in total. The van der Waals surface area contributed by atoms with Crippen LogP contribution in [0.1, 0.15) is 39.0 Å². The Kier molecular flexibility index (Phi) is 3.75. The molecule has 1 aliphatic rings. The molecule has 112 valence electrons. The molecule has 1 fully saturated rings. The van der Waals surface area contributed by atoms with E-state index in [0.29, 0.717) is 5.41 Å². The lowest BCUT2D eigenvalue weighted by Crippen LogP contribution is -2.27. The van der Waals surface area contributed by atoms with Gasteiger partial charge in [-0.05, 0) is 30.7 Å². The van der Waals surface area contributed by atoms with Crippen LogP contribution >= 0.6 is 0 Å². The van der Waals surface area contributed by atoms with Gasteiger partial charge in [0, 0.05) is 30.7 Å². The Labute approximate surface area is 126 Å². The summed E-state index contributed by atoms with van der Waals surface area (Å²) in [6.45, 7) is 3.26. The first kappa shape index (κ1) is 14.2. The number of aryl methyl sites for hydroxylation is 1. The van der Waals surface area contributed by atoms with E-state index in [1.807, 2.05) is 25.2 Å². The molecule has 0 atom stereocenters. The van der Waals surface area contributed by atoms with Gasteiger partial charge in [0.2, 0.25) is 0 Å². The number of fused-ring (bicyclic) bond motifs is 1. The van der Waals surface area contributed by atoms with Crippen LogP contribution in [0, 0.1) is 5.41 Å². The van der Waals surface area contributed by atoms with Crippen molar-refractivity contribution in [3.8, 4) is 0 Å². The van der Waals surface area contributed by atoms with Crippen LogP contribution in [0.5, 0.6) is 0 Å². The molecule has 21 heavy (non-hydrogen) atoms. The topological polar surface area (TPSA) is 34.0 Å². The second kappa shape index (κ2) is 5.55. The quantitative estimate of drug-likeness (QED) is 0.923. The highest BCUT2D eigenvalue weighted by atomic mass is 16.1. The molecule has 1 N–H and O–H groups in total. The number of nitrogens with zero attached hydrogens (tertiary/aromatic N) is 1. The Morgan fingerprint density at radius 3 is 2.67 bits per heavy atom. The summed E-state index contributed by atoms with van der Waals surface area (Å²) < 4.78 is 1.71. The highest BCUT2D eigenvalue weighted by Crippen LogP contribution is 2.41. The maximum Gasteiger partial charge on any atom is 0.252 e. The number of hydrogen-bond donors (Lipinski definition) is 1. The van der Waals surface area contributed by atoms with Crippen molar-refractivity contribution in [1.29, 1.82) is 0 Å². The molecule has 1 saturated carbocycles. The van der Waals surface area contributed by atoms with Crippen molar-refractivity contribution in [2.24, 2.45) is 12.5 Å². The number of nitrogens with one attached hydrogen (secondary N) is 1. The summed E-state index contributed by atoms with van der Waals surface area (Å²) in [4.78, 5) is 12.1. The van der Waals surface area contributed by atoms with Crippen molar-refractivity contribution < 1.29 is 0 Å². The third kappa shape index (κ3) is 2.57. The summed E-state index contributed by atoms with van der Waals surface area (Å²) in [7, 11) is 1.83. The molecule has 0 bridgehead atoms. The average Bonchev–Trinajstić information content (AvgIpc) is 2.99. The van der Waals surface area contributed by atoms with Crippen molar-refractivity contribution >= 4 is 16.6 Å². The monoisotopic (exact) mass is 284 g/mol. The maximum absolute atomic E-state index is 12.1. The molecule has 0 aliphatic heterocycles. The number of pyridine rings is 1. The van der Waals surface area contributed by atoms with Crippen molar-refractivity contribution in [2.75, 3.05) is 11.9 Å². The van der Waals surface area contributed by atoms with E-state index >= 15 is 0 Å². The second-order valence-electron chi connectivity index (χ2n) is 6.39. The molecule has 3 heteroatoms. The summed E-state index contributed by atoms with van der Waals surface area (Å²) in [5, 5.41) is 4.70. The highest BCUT2D eigenvalue weighted by Gasteiger charge is 2.31. The molecule has 2 aromatic rings. The molecule has 0 saturated heterocycles. The number of benzene rings is 1. The van der Waals surface area contributed by atoms with Crippen molar-refractivity contribution in [3.05, 3.63) is 40.7 Å². The number of anilines is 1. The van der Waals surface area contributed by atoms with Crippen LogP contribution in [0.15, 0.2) is 35.1 Å². The second-order valence-corrected chi connectivity index (χ2v) is 6.39. The van der Waals surface area contributed by atoms with Crippen LogP contribution in [0.25, 0.3) is 10.9 Å². The Morgan fingerprint density at radius 1 is 1.24 bits per heavy atom. The summed E-state index contributed by atoms with van der Waals surface area (Å²) in [6.07, 6.45) is 6.50. The van der Waals surface area contributed by atoms with E-state index in [0.717, 1.165) is 23.1 Å². The zero-order valence-electron chi connectivity index (χ0n) is 13.0. The van der Waals surface area contributed by atoms with Crippen molar-refractivity contribution in [1.82, 2.24) is 4.57 Å². The third-order valence-electron chi connectivity index (χ3n) is 5.22. The largest absolute Gasteiger partial charge is 0.384 e. The molecular weight excluding hydrogens is 260 g/mol. The van der Waals surface area contributed by atoms with Gasteiger partial charge in [-0.1, -0.05) is 38.0 Å². The van der Waals surface area contributed by atoms with E-state index in [2.05, 4.69) is 18.3 Å². The lowest BCUT2D eigenvalue weighted by Gasteiger charge is -2.28. The Balaban J connectivity index is 1.94. The van der Waals surface area contributed by atoms with Crippen LogP contribution in [0.3, 0.4) is 0 Å². The van der Waals surface area contributed by atoms with Gasteiger partial charge in [-0.2, -0.15) is 0 Å². The molecule has 1 heterocycles. The summed E-state index contributed by atoms with van der Waals surface area (Å²) in [6, 6.07) is 9.84. The smallest absolute Gasteiger partial charge is 0.252 e. The van der Waals surface area contributed by atoms with Gasteiger partial charge in [0.25, 0.3) is 5.56 Å². The van der Waals surface area contributed by atoms with E-state index in [9.17, 15) is 4.79 Å². The van der Waals surface area contributed by atoms with Crippen molar-refractivity contribution in [2.45, 2.75) is 39.0 Å². The fourth-order valence-corrected chi connectivity index (χ4v) is 3.62. The number of rotatable bonds is 4. The Hall–Kier alpha value is -1.77. The first-order valence-electron chi connectivity index (χ1n) is 7.98. The lowest BCUT2D eigenvalue weighted by molar-refractivity contribution is 0.307. The molecule has 0 unspecified atom stereocenters. The Bertz CT molecular complexity index is 696. The van der Waals surface area contributed by atoms with Crippen LogP contribution in [0.2, 0.25) is 0 Å². The van der Waals surface area contributed by atoms with Gasteiger partial charge < -0.3 is 9.88 Å². The lowest BCUT2D eigenvalue weighted by atomic mass is 9.83. The fourth-order valence-electron chi connectivity index (χ4n) is 3.62. The minimum Gasteiger partial charge on any atom is -0.384 e. The molecule has 0 radical (unpaired) electrons. The van der Waals surface area contributed by atoms with Crippen LogP contribution < -0.4 is 10.9 Å². The summed E-state index contributed by atoms with van der Waals surface area (Å²) in [5.74, 6) is 0. The highest BCUT2D eigenvalue weighted by molar-refractivity contribution is 5.91. The number of para-hydroxylation sites is 1. The first-order valence-corrected chi connectivity index (χ1v) is 7.98. The molecule has 1 aromatic carbocycles. The minimum absolute atomic E-state index is 0.0492. The van der Waals surface area contributed by atoms with Gasteiger partial charge in [0.15, 0.2) is 0 Å². The summed E-state index contributed by atoms with van der Waals surface area (Å²) in [5.41, 5.74) is 2.44. The average molecular weight is 284 g/mol. The molecule has 1 aromatic heterocycles. The normalized spacial score (nSPS) is 17.2. The summed E-state index contributed by atoms with van der Waals surface area (Å²) >= 11 is 0. The molecule has 3 rings (SSSR count). The first-order chi connectivity index (χ1) is 10.2. The third-order valence-corrected chi connectivity index (χ3v) is 5.22. The molecule has 0 amide bonds. The fraction of sp³-hybridized carbons (Fsp3) is 0.500. The van der Waals surface area contributed by atoms with Gasteiger partial charge in [0.1, 0.15) is 0 Å². The minimum atomic E-state index is 0.0492.